The number of carbonyl (C=O) groups is 1. The average molecular weight is 229 g/mol. The number of furan rings is 1. The number of hydrogen-bond acceptors (Lipinski definition) is 2. The third kappa shape index (κ3) is 2.38. The van der Waals surface area contributed by atoms with Crippen LogP contribution in [0.5, 0.6) is 0 Å². The molecule has 0 saturated heterocycles. The van der Waals surface area contributed by atoms with Gasteiger partial charge < -0.3 is 9.32 Å². The van der Waals surface area contributed by atoms with E-state index in [1.807, 2.05) is 44.2 Å². The Hall–Kier alpha value is -2.03. The standard InChI is InChI=1S/C14H15NO2/c1-11(2)15(12-7-4-3-5-8-12)14(16)13-9-6-10-17-13/h3-11H,1-2H3. The third-order valence-electron chi connectivity index (χ3n) is 2.50. The van der Waals surface area contributed by atoms with Gasteiger partial charge in [0.05, 0.1) is 6.26 Å². The average Bonchev–Trinajstić information content (AvgIpc) is 2.83. The van der Waals surface area contributed by atoms with Crippen LogP contribution < -0.4 is 4.90 Å². The molecule has 0 aliphatic heterocycles. The molecule has 0 aliphatic carbocycles. The minimum absolute atomic E-state index is 0.0787. The Bertz CT molecular complexity index is 474. The van der Waals surface area contributed by atoms with Crippen LogP contribution in [0.2, 0.25) is 0 Å². The van der Waals surface area contributed by atoms with E-state index in [0.717, 1.165) is 5.69 Å². The molecule has 2 rings (SSSR count). The highest BCUT2D eigenvalue weighted by molar-refractivity contribution is 6.04. The molecule has 0 atom stereocenters. The van der Waals surface area contributed by atoms with Crippen molar-refractivity contribution in [2.75, 3.05) is 4.90 Å². The van der Waals surface area contributed by atoms with Crippen molar-refractivity contribution in [2.45, 2.75) is 19.9 Å². The first-order valence-electron chi connectivity index (χ1n) is 5.62. The minimum atomic E-state index is -0.115. The second-order valence-corrected chi connectivity index (χ2v) is 4.08. The molecule has 0 unspecified atom stereocenters. The summed E-state index contributed by atoms with van der Waals surface area (Å²) in [6.45, 7) is 3.96. The summed E-state index contributed by atoms with van der Waals surface area (Å²) >= 11 is 0. The lowest BCUT2D eigenvalue weighted by Gasteiger charge is -2.25. The van der Waals surface area contributed by atoms with Gasteiger partial charge in [0.25, 0.3) is 5.91 Å². The largest absolute Gasteiger partial charge is 0.459 e. The summed E-state index contributed by atoms with van der Waals surface area (Å²) in [6, 6.07) is 13.1. The van der Waals surface area contributed by atoms with E-state index >= 15 is 0 Å². The maximum absolute atomic E-state index is 12.3. The molecule has 0 radical (unpaired) electrons. The van der Waals surface area contributed by atoms with Gasteiger partial charge in [0.2, 0.25) is 0 Å². The van der Waals surface area contributed by atoms with Gasteiger partial charge in [-0.25, -0.2) is 0 Å². The monoisotopic (exact) mass is 229 g/mol. The number of benzene rings is 1. The predicted molar refractivity (Wildman–Crippen MR) is 67.1 cm³/mol. The molecule has 88 valence electrons. The first-order chi connectivity index (χ1) is 8.20. The summed E-state index contributed by atoms with van der Waals surface area (Å²) in [7, 11) is 0. The predicted octanol–water partition coefficient (Wildman–Crippen LogP) is 3.33. The zero-order valence-corrected chi connectivity index (χ0v) is 9.96. The van der Waals surface area contributed by atoms with Crippen molar-refractivity contribution in [2.24, 2.45) is 0 Å². The summed E-state index contributed by atoms with van der Waals surface area (Å²) in [5.41, 5.74) is 0.879. The van der Waals surface area contributed by atoms with Crippen molar-refractivity contribution in [3.8, 4) is 0 Å². The molecule has 3 nitrogen and oxygen atoms in total. The molecule has 2 aromatic rings. The summed E-state index contributed by atoms with van der Waals surface area (Å²) < 4.78 is 5.16. The summed E-state index contributed by atoms with van der Waals surface area (Å²) in [4.78, 5) is 14.0. The fourth-order valence-corrected chi connectivity index (χ4v) is 1.76. The van der Waals surface area contributed by atoms with E-state index in [9.17, 15) is 4.79 Å². The molecule has 3 heteroatoms. The Morgan fingerprint density at radius 3 is 2.35 bits per heavy atom. The van der Waals surface area contributed by atoms with Gasteiger partial charge in [-0.3, -0.25) is 4.79 Å². The fraction of sp³-hybridized carbons (Fsp3) is 0.214. The van der Waals surface area contributed by atoms with Crippen LogP contribution in [-0.2, 0) is 0 Å². The Morgan fingerprint density at radius 2 is 1.82 bits per heavy atom. The van der Waals surface area contributed by atoms with Crippen LogP contribution in [0.25, 0.3) is 0 Å². The van der Waals surface area contributed by atoms with Crippen LogP contribution >= 0.6 is 0 Å². The molecule has 0 N–H and O–H groups in total. The van der Waals surface area contributed by atoms with Crippen LogP contribution in [0.3, 0.4) is 0 Å². The second-order valence-electron chi connectivity index (χ2n) is 4.08. The van der Waals surface area contributed by atoms with Crippen LogP contribution in [0.15, 0.2) is 53.1 Å². The third-order valence-corrected chi connectivity index (χ3v) is 2.50. The molecule has 1 heterocycles. The zero-order chi connectivity index (χ0) is 12.3. The maximum atomic E-state index is 12.3. The van der Waals surface area contributed by atoms with Gasteiger partial charge in [-0.15, -0.1) is 0 Å². The number of anilines is 1. The SMILES string of the molecule is CC(C)N(C(=O)c1ccco1)c1ccccc1. The van der Waals surface area contributed by atoms with Crippen molar-refractivity contribution in [1.82, 2.24) is 0 Å². The van der Waals surface area contributed by atoms with Crippen molar-refractivity contribution >= 4 is 11.6 Å². The van der Waals surface area contributed by atoms with Crippen molar-refractivity contribution in [3.63, 3.8) is 0 Å². The van der Waals surface area contributed by atoms with E-state index in [0.29, 0.717) is 5.76 Å². The summed E-state index contributed by atoms with van der Waals surface area (Å²) in [6.07, 6.45) is 1.51. The van der Waals surface area contributed by atoms with E-state index < -0.39 is 0 Å². The quantitative estimate of drug-likeness (QED) is 0.808. The molecule has 0 fully saturated rings. The molecule has 0 aliphatic rings. The number of amides is 1. The Morgan fingerprint density at radius 1 is 1.12 bits per heavy atom. The van der Waals surface area contributed by atoms with Gasteiger partial charge in [-0.05, 0) is 38.1 Å². The number of hydrogen-bond donors (Lipinski definition) is 0. The molecule has 0 saturated carbocycles. The van der Waals surface area contributed by atoms with Crippen LogP contribution in [-0.4, -0.2) is 11.9 Å². The lowest BCUT2D eigenvalue weighted by Crippen LogP contribution is -2.36. The number of nitrogens with zero attached hydrogens (tertiary/aromatic N) is 1. The lowest BCUT2D eigenvalue weighted by molar-refractivity contribution is 0.0953. The van der Waals surface area contributed by atoms with Crippen LogP contribution in [0.4, 0.5) is 5.69 Å². The fourth-order valence-electron chi connectivity index (χ4n) is 1.76. The molecule has 1 aromatic carbocycles. The van der Waals surface area contributed by atoms with Gasteiger partial charge in [0.15, 0.2) is 5.76 Å². The van der Waals surface area contributed by atoms with E-state index in [1.54, 1.807) is 17.0 Å². The maximum Gasteiger partial charge on any atom is 0.294 e. The van der Waals surface area contributed by atoms with E-state index in [-0.39, 0.29) is 11.9 Å². The van der Waals surface area contributed by atoms with Crippen LogP contribution in [0.1, 0.15) is 24.4 Å². The van der Waals surface area contributed by atoms with Crippen molar-refractivity contribution in [1.29, 1.82) is 0 Å². The first-order valence-corrected chi connectivity index (χ1v) is 5.62. The number of carbonyl (C=O) groups excluding carboxylic acids is 1. The molecule has 1 amide bonds. The van der Waals surface area contributed by atoms with Crippen molar-refractivity contribution < 1.29 is 9.21 Å². The highest BCUT2D eigenvalue weighted by atomic mass is 16.3. The van der Waals surface area contributed by atoms with Gasteiger partial charge in [0.1, 0.15) is 0 Å². The van der Waals surface area contributed by atoms with E-state index in [1.165, 1.54) is 6.26 Å². The molecule has 1 aromatic heterocycles. The second kappa shape index (κ2) is 4.87. The molecular formula is C14H15NO2. The lowest BCUT2D eigenvalue weighted by atomic mass is 10.2. The highest BCUT2D eigenvalue weighted by Crippen LogP contribution is 2.19. The van der Waals surface area contributed by atoms with Gasteiger partial charge in [-0.2, -0.15) is 0 Å². The topological polar surface area (TPSA) is 33.5 Å². The molecule has 0 spiro atoms. The van der Waals surface area contributed by atoms with E-state index in [2.05, 4.69) is 0 Å². The Labute approximate surface area is 101 Å². The van der Waals surface area contributed by atoms with E-state index in [4.69, 9.17) is 4.42 Å². The highest BCUT2D eigenvalue weighted by Gasteiger charge is 2.22. The number of para-hydroxylation sites is 1. The molecular weight excluding hydrogens is 214 g/mol. The molecule has 17 heavy (non-hydrogen) atoms. The van der Waals surface area contributed by atoms with Crippen LogP contribution in [0, 0.1) is 0 Å². The minimum Gasteiger partial charge on any atom is -0.459 e. The van der Waals surface area contributed by atoms with Crippen molar-refractivity contribution in [3.05, 3.63) is 54.5 Å². The van der Waals surface area contributed by atoms with Gasteiger partial charge >= 0.3 is 0 Å². The zero-order valence-electron chi connectivity index (χ0n) is 9.96. The smallest absolute Gasteiger partial charge is 0.294 e. The molecule has 0 bridgehead atoms. The van der Waals surface area contributed by atoms with Gasteiger partial charge in [0, 0.05) is 11.7 Å². The first kappa shape index (κ1) is 11.5. The summed E-state index contributed by atoms with van der Waals surface area (Å²) in [5.74, 6) is 0.249. The Balaban J connectivity index is 2.34. The Kier molecular flexibility index (Phi) is 3.28. The van der Waals surface area contributed by atoms with Gasteiger partial charge in [-0.1, -0.05) is 18.2 Å². The normalized spacial score (nSPS) is 10.5. The summed E-state index contributed by atoms with van der Waals surface area (Å²) in [5, 5.41) is 0. The number of rotatable bonds is 3.